The number of carboxylic acid groups (broad SMARTS) is 1. The maximum Gasteiger partial charge on any atom is 0.328 e. The smallest absolute Gasteiger partial charge is 0.328 e. The van der Waals surface area contributed by atoms with Crippen LogP contribution >= 0.6 is 0 Å². The summed E-state index contributed by atoms with van der Waals surface area (Å²) in [5.74, 6) is -2.66. The summed E-state index contributed by atoms with van der Waals surface area (Å²) < 4.78 is 12.7. The van der Waals surface area contributed by atoms with E-state index in [0.717, 1.165) is 17.7 Å². The Morgan fingerprint density at radius 2 is 2.08 bits per heavy atom. The van der Waals surface area contributed by atoms with E-state index in [1.54, 1.807) is 4.90 Å². The van der Waals surface area contributed by atoms with Gasteiger partial charge in [-0.3, -0.25) is 9.59 Å². The van der Waals surface area contributed by atoms with Crippen molar-refractivity contribution in [3.8, 4) is 0 Å². The van der Waals surface area contributed by atoms with Crippen LogP contribution in [-0.2, 0) is 14.4 Å². The maximum absolute atomic E-state index is 12.7. The summed E-state index contributed by atoms with van der Waals surface area (Å²) in [6, 6.07) is 5.98. The summed E-state index contributed by atoms with van der Waals surface area (Å²) in [7, 11) is 0. The lowest BCUT2D eigenvalue weighted by Gasteiger charge is -2.23. The summed E-state index contributed by atoms with van der Waals surface area (Å²) in [4.78, 5) is 37.0. The molecule has 0 saturated carbocycles. The molecule has 1 heterocycles. The molecule has 1 fully saturated rings. The van der Waals surface area contributed by atoms with E-state index < -0.39 is 30.5 Å². The summed E-state index contributed by atoms with van der Waals surface area (Å²) in [6.45, 7) is 3.10. The van der Waals surface area contributed by atoms with Crippen LogP contribution in [0.15, 0.2) is 24.3 Å². The van der Waals surface area contributed by atoms with Gasteiger partial charge in [-0.15, -0.1) is 0 Å². The van der Waals surface area contributed by atoms with E-state index >= 15 is 0 Å². The quantitative estimate of drug-likeness (QED) is 0.788. The Bertz CT molecular complexity index is 664. The first-order valence-electron chi connectivity index (χ1n) is 8.37. The topological polar surface area (TPSA) is 86.7 Å². The molecule has 1 aliphatic heterocycles. The first-order chi connectivity index (χ1) is 11.9. The second-order valence-corrected chi connectivity index (χ2v) is 6.33. The molecule has 2 rings (SSSR count). The highest BCUT2D eigenvalue weighted by atomic mass is 19.1. The molecule has 3 atom stereocenters. The van der Waals surface area contributed by atoms with Crippen molar-refractivity contribution in [3.05, 3.63) is 29.8 Å². The monoisotopic (exact) mass is 350 g/mol. The number of nitrogens with one attached hydrogen (secondary N) is 1. The zero-order valence-electron chi connectivity index (χ0n) is 14.4. The number of halogens is 1. The van der Waals surface area contributed by atoms with Crippen molar-refractivity contribution in [1.82, 2.24) is 5.32 Å². The minimum absolute atomic E-state index is 0.0146. The Morgan fingerprint density at radius 1 is 1.40 bits per heavy atom. The third-order valence-electron chi connectivity index (χ3n) is 4.64. The lowest BCUT2D eigenvalue weighted by molar-refractivity contribution is -0.142. The average molecular weight is 350 g/mol. The fourth-order valence-corrected chi connectivity index (χ4v) is 2.94. The molecular formula is C18H23FN2O4. The second kappa shape index (κ2) is 8.09. The van der Waals surface area contributed by atoms with Gasteiger partial charge < -0.3 is 15.3 Å². The van der Waals surface area contributed by atoms with Crippen LogP contribution in [-0.4, -0.2) is 42.2 Å². The standard InChI is InChI=1S/C18H23FN2O4/c1-3-11(2)13-6-4-5-7-15(13)21-10-12(8-16(21)22)17(23)20-14(9-19)18(24)25/h4-7,11-12,14H,3,8-10H2,1-2H3,(H,20,23)(H,24,25). The summed E-state index contributed by atoms with van der Waals surface area (Å²) in [5, 5.41) is 11.0. The van der Waals surface area contributed by atoms with Crippen molar-refractivity contribution in [2.45, 2.75) is 38.6 Å². The molecule has 25 heavy (non-hydrogen) atoms. The fraction of sp³-hybridized carbons (Fsp3) is 0.500. The van der Waals surface area contributed by atoms with E-state index in [-0.39, 0.29) is 24.8 Å². The summed E-state index contributed by atoms with van der Waals surface area (Å²) in [5.41, 5.74) is 1.81. The van der Waals surface area contributed by atoms with Gasteiger partial charge in [0.25, 0.3) is 0 Å². The molecule has 136 valence electrons. The van der Waals surface area contributed by atoms with Crippen molar-refractivity contribution in [3.63, 3.8) is 0 Å². The Morgan fingerprint density at radius 3 is 2.68 bits per heavy atom. The van der Waals surface area contributed by atoms with Gasteiger partial charge in [-0.25, -0.2) is 9.18 Å². The Labute approximate surface area is 146 Å². The first kappa shape index (κ1) is 18.9. The predicted octanol–water partition coefficient (Wildman–Crippen LogP) is 2.09. The lowest BCUT2D eigenvalue weighted by Crippen LogP contribution is -2.45. The number of hydrogen-bond donors (Lipinski definition) is 2. The van der Waals surface area contributed by atoms with E-state index in [2.05, 4.69) is 19.2 Å². The number of carbonyl (C=O) groups excluding carboxylic acids is 2. The third kappa shape index (κ3) is 4.15. The average Bonchev–Trinajstić information content (AvgIpc) is 3.00. The highest BCUT2D eigenvalue weighted by Crippen LogP contribution is 2.33. The van der Waals surface area contributed by atoms with Gasteiger partial charge >= 0.3 is 5.97 Å². The van der Waals surface area contributed by atoms with Crippen LogP contribution in [0.2, 0.25) is 0 Å². The van der Waals surface area contributed by atoms with Gasteiger partial charge in [0, 0.05) is 18.7 Å². The fourth-order valence-electron chi connectivity index (χ4n) is 2.94. The van der Waals surface area contributed by atoms with Gasteiger partial charge in [-0.05, 0) is 24.0 Å². The van der Waals surface area contributed by atoms with E-state index in [1.165, 1.54) is 0 Å². The van der Waals surface area contributed by atoms with Crippen molar-refractivity contribution in [2.24, 2.45) is 5.92 Å². The van der Waals surface area contributed by atoms with Gasteiger partial charge in [0.1, 0.15) is 6.67 Å². The van der Waals surface area contributed by atoms with Crippen molar-refractivity contribution >= 4 is 23.5 Å². The van der Waals surface area contributed by atoms with Crippen molar-refractivity contribution in [2.75, 3.05) is 18.1 Å². The molecule has 2 amide bonds. The van der Waals surface area contributed by atoms with Gasteiger partial charge in [-0.1, -0.05) is 32.0 Å². The number of carboxylic acids is 1. The molecule has 0 aliphatic carbocycles. The highest BCUT2D eigenvalue weighted by Gasteiger charge is 2.37. The van der Waals surface area contributed by atoms with E-state index in [0.29, 0.717) is 0 Å². The molecule has 2 N–H and O–H groups in total. The largest absolute Gasteiger partial charge is 0.480 e. The number of hydrogen-bond acceptors (Lipinski definition) is 3. The van der Waals surface area contributed by atoms with E-state index in [1.807, 2.05) is 24.3 Å². The number of nitrogens with zero attached hydrogens (tertiary/aromatic N) is 1. The molecule has 7 heteroatoms. The zero-order chi connectivity index (χ0) is 18.6. The minimum Gasteiger partial charge on any atom is -0.480 e. The lowest BCUT2D eigenvalue weighted by atomic mass is 9.96. The molecule has 1 aliphatic rings. The third-order valence-corrected chi connectivity index (χ3v) is 4.64. The molecule has 0 radical (unpaired) electrons. The van der Waals surface area contributed by atoms with Crippen LogP contribution in [0.3, 0.4) is 0 Å². The number of para-hydroxylation sites is 1. The maximum atomic E-state index is 12.7. The Balaban J connectivity index is 2.16. The summed E-state index contributed by atoms with van der Waals surface area (Å²) in [6.07, 6.45) is 0.902. The van der Waals surface area contributed by atoms with Gasteiger partial charge in [0.15, 0.2) is 6.04 Å². The SMILES string of the molecule is CCC(C)c1ccccc1N1CC(C(=O)NC(CF)C(=O)O)CC1=O. The molecule has 1 aromatic rings. The van der Waals surface area contributed by atoms with Crippen LogP contribution in [0.5, 0.6) is 0 Å². The molecule has 1 saturated heterocycles. The minimum atomic E-state index is -1.58. The Hall–Kier alpha value is -2.44. The van der Waals surface area contributed by atoms with Crippen LogP contribution in [0.1, 0.15) is 38.2 Å². The predicted molar refractivity (Wildman–Crippen MR) is 91.1 cm³/mol. The van der Waals surface area contributed by atoms with Crippen LogP contribution in [0, 0.1) is 5.92 Å². The number of benzene rings is 1. The highest BCUT2D eigenvalue weighted by molar-refractivity contribution is 6.01. The van der Waals surface area contributed by atoms with Crippen molar-refractivity contribution < 1.29 is 23.9 Å². The zero-order valence-corrected chi connectivity index (χ0v) is 14.4. The molecule has 0 aromatic heterocycles. The van der Waals surface area contributed by atoms with Gasteiger partial charge in [-0.2, -0.15) is 0 Å². The molecule has 0 bridgehead atoms. The Kier molecular flexibility index (Phi) is 6.12. The van der Waals surface area contributed by atoms with Crippen LogP contribution in [0.25, 0.3) is 0 Å². The van der Waals surface area contributed by atoms with Gasteiger partial charge in [0.2, 0.25) is 11.8 Å². The summed E-state index contributed by atoms with van der Waals surface area (Å²) >= 11 is 0. The number of rotatable bonds is 7. The number of amides is 2. The van der Waals surface area contributed by atoms with Crippen LogP contribution < -0.4 is 10.2 Å². The molecular weight excluding hydrogens is 327 g/mol. The van der Waals surface area contributed by atoms with E-state index in [9.17, 15) is 18.8 Å². The molecule has 6 nitrogen and oxygen atoms in total. The first-order valence-corrected chi connectivity index (χ1v) is 8.37. The van der Waals surface area contributed by atoms with Crippen molar-refractivity contribution in [1.29, 1.82) is 0 Å². The number of aliphatic carboxylic acids is 1. The molecule has 3 unspecified atom stereocenters. The van der Waals surface area contributed by atoms with Gasteiger partial charge in [0.05, 0.1) is 5.92 Å². The van der Waals surface area contributed by atoms with E-state index in [4.69, 9.17) is 5.11 Å². The number of carbonyl (C=O) groups is 3. The second-order valence-electron chi connectivity index (χ2n) is 6.33. The normalized spacial score (nSPS) is 19.6. The number of anilines is 1. The van der Waals surface area contributed by atoms with Crippen LogP contribution in [0.4, 0.5) is 10.1 Å². The molecule has 1 aromatic carbocycles. The number of alkyl halides is 1. The molecule has 0 spiro atoms.